The largest absolute Gasteiger partial charge is 0.354 e. The highest BCUT2D eigenvalue weighted by Crippen LogP contribution is 2.17. The van der Waals surface area contributed by atoms with Gasteiger partial charge in [-0.15, -0.1) is 12.4 Å². The first-order valence-electron chi connectivity index (χ1n) is 5.81. The summed E-state index contributed by atoms with van der Waals surface area (Å²) in [6, 6.07) is -0.476. The summed E-state index contributed by atoms with van der Waals surface area (Å²) in [5, 5.41) is 6.91. The van der Waals surface area contributed by atoms with E-state index in [1.807, 2.05) is 34.0 Å². The summed E-state index contributed by atoms with van der Waals surface area (Å²) in [6.07, 6.45) is 4.52. The predicted octanol–water partition coefficient (Wildman–Crippen LogP) is 0.874. The Morgan fingerprint density at radius 2 is 2.17 bits per heavy atom. The van der Waals surface area contributed by atoms with Crippen molar-refractivity contribution in [2.75, 3.05) is 6.54 Å². The molecule has 0 aliphatic heterocycles. The summed E-state index contributed by atoms with van der Waals surface area (Å²) in [6.45, 7) is 6.46. The van der Waals surface area contributed by atoms with E-state index >= 15 is 0 Å². The molecule has 1 amide bonds. The van der Waals surface area contributed by atoms with Gasteiger partial charge in [0.1, 0.15) is 0 Å². The van der Waals surface area contributed by atoms with Gasteiger partial charge in [0.05, 0.1) is 12.2 Å². The van der Waals surface area contributed by atoms with E-state index < -0.39 is 6.04 Å². The van der Waals surface area contributed by atoms with Crippen LogP contribution in [-0.2, 0) is 18.3 Å². The van der Waals surface area contributed by atoms with Gasteiger partial charge in [0.25, 0.3) is 0 Å². The van der Waals surface area contributed by atoms with Crippen LogP contribution in [0.3, 0.4) is 0 Å². The third kappa shape index (κ3) is 5.06. The molecule has 1 aromatic rings. The first kappa shape index (κ1) is 16.9. The van der Waals surface area contributed by atoms with Crippen molar-refractivity contribution < 1.29 is 4.79 Å². The zero-order valence-electron chi connectivity index (χ0n) is 11.4. The Bertz CT molecular complexity index is 384. The molecule has 3 N–H and O–H groups in total. The molecule has 1 rings (SSSR count). The molecule has 0 spiro atoms. The minimum absolute atomic E-state index is 0. The Labute approximate surface area is 115 Å². The summed E-state index contributed by atoms with van der Waals surface area (Å²) in [5.74, 6) is -0.0959. The van der Waals surface area contributed by atoms with Crippen LogP contribution >= 0.6 is 12.4 Å². The van der Waals surface area contributed by atoms with Gasteiger partial charge in [0.15, 0.2) is 0 Å². The van der Waals surface area contributed by atoms with E-state index in [-0.39, 0.29) is 23.7 Å². The van der Waals surface area contributed by atoms with E-state index in [9.17, 15) is 4.79 Å². The molecule has 1 atom stereocenters. The van der Waals surface area contributed by atoms with E-state index in [4.69, 9.17) is 5.73 Å². The molecular formula is C12H23ClN4O. The van der Waals surface area contributed by atoms with Crippen LogP contribution in [0.5, 0.6) is 0 Å². The maximum Gasteiger partial charge on any atom is 0.237 e. The zero-order valence-corrected chi connectivity index (χ0v) is 12.3. The van der Waals surface area contributed by atoms with Crippen molar-refractivity contribution >= 4 is 18.3 Å². The van der Waals surface area contributed by atoms with Crippen LogP contribution in [0.2, 0.25) is 0 Å². The second-order valence-electron chi connectivity index (χ2n) is 5.41. The summed E-state index contributed by atoms with van der Waals surface area (Å²) in [7, 11) is 1.87. The fraction of sp³-hybridized carbons (Fsp3) is 0.667. The number of hydrogen-bond donors (Lipinski definition) is 2. The van der Waals surface area contributed by atoms with Crippen LogP contribution in [0.1, 0.15) is 26.3 Å². The van der Waals surface area contributed by atoms with E-state index in [1.54, 1.807) is 10.9 Å². The first-order chi connectivity index (χ1) is 7.80. The lowest BCUT2D eigenvalue weighted by molar-refractivity contribution is -0.124. The molecule has 0 aromatic carbocycles. The minimum atomic E-state index is -0.476. The maximum atomic E-state index is 11.7. The normalized spacial score (nSPS) is 12.7. The number of nitrogens with one attached hydrogen (secondary N) is 1. The Morgan fingerprint density at radius 1 is 1.56 bits per heavy atom. The van der Waals surface area contributed by atoms with Gasteiger partial charge in [0.2, 0.25) is 5.91 Å². The lowest BCUT2D eigenvalue weighted by Crippen LogP contribution is -2.48. The van der Waals surface area contributed by atoms with Gasteiger partial charge in [-0.25, -0.2) is 0 Å². The van der Waals surface area contributed by atoms with Gasteiger partial charge in [-0.05, 0) is 17.4 Å². The zero-order chi connectivity index (χ0) is 13.1. The Balaban J connectivity index is 0.00000289. The SMILES string of the molecule is Cl.Cn1cc(CCNC(=O)[C@@H](N)C(C)(C)C)cn1. The van der Waals surface area contributed by atoms with Crippen molar-refractivity contribution in [2.45, 2.75) is 33.2 Å². The summed E-state index contributed by atoms with van der Waals surface area (Å²) in [4.78, 5) is 11.7. The number of nitrogens with two attached hydrogens (primary N) is 1. The summed E-state index contributed by atoms with van der Waals surface area (Å²) in [5.41, 5.74) is 6.75. The minimum Gasteiger partial charge on any atom is -0.354 e. The highest BCUT2D eigenvalue weighted by Gasteiger charge is 2.26. The summed E-state index contributed by atoms with van der Waals surface area (Å²) >= 11 is 0. The van der Waals surface area contributed by atoms with E-state index in [1.165, 1.54) is 0 Å². The molecular weight excluding hydrogens is 252 g/mol. The van der Waals surface area contributed by atoms with Crippen LogP contribution in [0, 0.1) is 5.41 Å². The number of hydrogen-bond acceptors (Lipinski definition) is 3. The molecule has 0 saturated carbocycles. The van der Waals surface area contributed by atoms with Crippen molar-refractivity contribution in [3.05, 3.63) is 18.0 Å². The predicted molar refractivity (Wildman–Crippen MR) is 74.6 cm³/mol. The monoisotopic (exact) mass is 274 g/mol. The molecule has 0 bridgehead atoms. The van der Waals surface area contributed by atoms with Gasteiger partial charge in [-0.1, -0.05) is 20.8 Å². The smallest absolute Gasteiger partial charge is 0.237 e. The number of amides is 1. The Kier molecular flexibility index (Phi) is 6.35. The van der Waals surface area contributed by atoms with Crippen LogP contribution in [0.25, 0.3) is 0 Å². The quantitative estimate of drug-likeness (QED) is 0.856. The molecule has 104 valence electrons. The molecule has 6 heteroatoms. The topological polar surface area (TPSA) is 72.9 Å². The number of halogens is 1. The fourth-order valence-electron chi connectivity index (χ4n) is 1.43. The van der Waals surface area contributed by atoms with Gasteiger partial charge in [0, 0.05) is 19.8 Å². The fourth-order valence-corrected chi connectivity index (χ4v) is 1.43. The molecule has 0 fully saturated rings. The third-order valence-corrected chi connectivity index (χ3v) is 2.69. The van der Waals surface area contributed by atoms with E-state index in [0.29, 0.717) is 6.54 Å². The number of carbonyl (C=O) groups is 1. The molecule has 0 unspecified atom stereocenters. The number of rotatable bonds is 4. The molecule has 0 aliphatic carbocycles. The van der Waals surface area contributed by atoms with Crippen molar-refractivity contribution in [2.24, 2.45) is 18.2 Å². The van der Waals surface area contributed by atoms with Crippen LogP contribution in [-0.4, -0.2) is 28.3 Å². The first-order valence-corrected chi connectivity index (χ1v) is 5.81. The van der Waals surface area contributed by atoms with Crippen molar-refractivity contribution in [1.29, 1.82) is 0 Å². The van der Waals surface area contributed by atoms with Gasteiger partial charge in [-0.3, -0.25) is 9.48 Å². The molecule has 0 aliphatic rings. The molecule has 5 nitrogen and oxygen atoms in total. The van der Waals surface area contributed by atoms with Crippen LogP contribution in [0.15, 0.2) is 12.4 Å². The van der Waals surface area contributed by atoms with Crippen LogP contribution in [0.4, 0.5) is 0 Å². The number of aromatic nitrogens is 2. The standard InChI is InChI=1S/C12H22N4O.ClH/c1-12(2,3)10(13)11(17)14-6-5-9-7-15-16(4)8-9;/h7-8,10H,5-6,13H2,1-4H3,(H,14,17);1H/t10-;/m1./s1. The summed E-state index contributed by atoms with van der Waals surface area (Å²) < 4.78 is 1.75. The van der Waals surface area contributed by atoms with Crippen molar-refractivity contribution in [3.63, 3.8) is 0 Å². The second-order valence-corrected chi connectivity index (χ2v) is 5.41. The van der Waals surface area contributed by atoms with E-state index in [0.717, 1.165) is 12.0 Å². The molecule has 0 radical (unpaired) electrons. The van der Waals surface area contributed by atoms with E-state index in [2.05, 4.69) is 10.4 Å². The van der Waals surface area contributed by atoms with Crippen LogP contribution < -0.4 is 11.1 Å². The second kappa shape index (κ2) is 6.75. The third-order valence-electron chi connectivity index (χ3n) is 2.69. The molecule has 0 saturated heterocycles. The lowest BCUT2D eigenvalue weighted by atomic mass is 9.87. The number of nitrogens with zero attached hydrogens (tertiary/aromatic N) is 2. The molecule has 1 heterocycles. The maximum absolute atomic E-state index is 11.7. The van der Waals surface area contributed by atoms with Gasteiger partial charge in [-0.2, -0.15) is 5.10 Å². The number of carbonyl (C=O) groups excluding carboxylic acids is 1. The molecule has 1 aromatic heterocycles. The van der Waals surface area contributed by atoms with Crippen molar-refractivity contribution in [1.82, 2.24) is 15.1 Å². The molecule has 18 heavy (non-hydrogen) atoms. The lowest BCUT2D eigenvalue weighted by Gasteiger charge is -2.25. The Morgan fingerprint density at radius 3 is 2.61 bits per heavy atom. The highest BCUT2D eigenvalue weighted by atomic mass is 35.5. The van der Waals surface area contributed by atoms with Gasteiger partial charge < -0.3 is 11.1 Å². The van der Waals surface area contributed by atoms with Gasteiger partial charge >= 0.3 is 0 Å². The number of aryl methyl sites for hydroxylation is 1. The average Bonchev–Trinajstić information content (AvgIpc) is 2.61. The highest BCUT2D eigenvalue weighted by molar-refractivity contribution is 5.85. The average molecular weight is 275 g/mol. The Hall–Kier alpha value is -1.07. The van der Waals surface area contributed by atoms with Crippen molar-refractivity contribution in [3.8, 4) is 0 Å².